The van der Waals surface area contributed by atoms with E-state index >= 15 is 0 Å². The highest BCUT2D eigenvalue weighted by Gasteiger charge is 2.15. The molecule has 4 heteroatoms. The summed E-state index contributed by atoms with van der Waals surface area (Å²) in [4.78, 5) is 17.2. The standard InChI is InChI=1S/C12H14N2OS/c1-10(13-9-16)12(15)14(2)8-11-6-4-3-5-7-11/h3-7,10H,8H2,1-2H3/t10-/m0/s1. The van der Waals surface area contributed by atoms with Gasteiger partial charge in [-0.1, -0.05) is 30.3 Å². The fourth-order valence-corrected chi connectivity index (χ4v) is 1.55. The lowest BCUT2D eigenvalue weighted by atomic mass is 10.2. The first-order chi connectivity index (χ1) is 7.65. The first-order valence-corrected chi connectivity index (χ1v) is 5.42. The first-order valence-electron chi connectivity index (χ1n) is 5.01. The summed E-state index contributed by atoms with van der Waals surface area (Å²) >= 11 is 4.48. The van der Waals surface area contributed by atoms with E-state index in [4.69, 9.17) is 0 Å². The van der Waals surface area contributed by atoms with Crippen LogP contribution in [0.25, 0.3) is 0 Å². The number of amides is 1. The van der Waals surface area contributed by atoms with Crippen LogP contribution in [0.3, 0.4) is 0 Å². The van der Waals surface area contributed by atoms with E-state index in [1.54, 1.807) is 18.9 Å². The van der Waals surface area contributed by atoms with Crippen LogP contribution in [0.5, 0.6) is 0 Å². The fourth-order valence-electron chi connectivity index (χ4n) is 1.39. The van der Waals surface area contributed by atoms with Gasteiger partial charge in [-0.05, 0) is 24.7 Å². The van der Waals surface area contributed by atoms with Gasteiger partial charge in [0, 0.05) is 13.6 Å². The molecule has 1 aromatic rings. The van der Waals surface area contributed by atoms with E-state index in [1.165, 1.54) is 0 Å². The number of likely N-dealkylation sites (N-methyl/N-ethyl adjacent to an activating group) is 1. The van der Waals surface area contributed by atoms with Gasteiger partial charge in [-0.25, -0.2) is 4.99 Å². The summed E-state index contributed by atoms with van der Waals surface area (Å²) in [6.45, 7) is 2.29. The first kappa shape index (κ1) is 12.6. The second-order valence-corrected chi connectivity index (χ2v) is 3.76. The highest BCUT2D eigenvalue weighted by molar-refractivity contribution is 7.78. The van der Waals surface area contributed by atoms with Gasteiger partial charge in [0.1, 0.15) is 6.04 Å². The zero-order valence-electron chi connectivity index (χ0n) is 9.38. The maximum atomic E-state index is 11.8. The van der Waals surface area contributed by atoms with Gasteiger partial charge >= 0.3 is 0 Å². The molecule has 3 nitrogen and oxygen atoms in total. The van der Waals surface area contributed by atoms with Crippen LogP contribution in [-0.4, -0.2) is 29.1 Å². The number of hydrogen-bond donors (Lipinski definition) is 0. The van der Waals surface area contributed by atoms with E-state index in [1.807, 2.05) is 30.3 Å². The third-order valence-electron chi connectivity index (χ3n) is 2.24. The summed E-state index contributed by atoms with van der Waals surface area (Å²) in [5.74, 6) is -0.0544. The number of nitrogens with zero attached hydrogens (tertiary/aromatic N) is 2. The minimum Gasteiger partial charge on any atom is -0.340 e. The Hall–Kier alpha value is -1.51. The number of isothiocyanates is 1. The zero-order chi connectivity index (χ0) is 12.0. The molecular formula is C12H14N2OS. The van der Waals surface area contributed by atoms with Crippen molar-refractivity contribution in [1.82, 2.24) is 4.90 Å². The molecule has 0 unspecified atom stereocenters. The van der Waals surface area contributed by atoms with Crippen molar-refractivity contribution in [3.05, 3.63) is 35.9 Å². The average Bonchev–Trinajstić information content (AvgIpc) is 2.29. The Morgan fingerprint density at radius 2 is 2.12 bits per heavy atom. The molecule has 16 heavy (non-hydrogen) atoms. The zero-order valence-corrected chi connectivity index (χ0v) is 10.2. The highest BCUT2D eigenvalue weighted by Crippen LogP contribution is 2.05. The lowest BCUT2D eigenvalue weighted by Crippen LogP contribution is -2.33. The Balaban J connectivity index is 2.62. The van der Waals surface area contributed by atoms with Gasteiger partial charge in [0.05, 0.1) is 5.16 Å². The number of thiocarbonyl (C=S) groups is 1. The van der Waals surface area contributed by atoms with Crippen molar-refractivity contribution in [3.63, 3.8) is 0 Å². The van der Waals surface area contributed by atoms with E-state index in [2.05, 4.69) is 22.4 Å². The minimum atomic E-state index is -0.453. The number of benzene rings is 1. The molecule has 0 radical (unpaired) electrons. The molecule has 0 bridgehead atoms. The van der Waals surface area contributed by atoms with Gasteiger partial charge in [0.15, 0.2) is 0 Å². The van der Waals surface area contributed by atoms with Crippen molar-refractivity contribution < 1.29 is 4.79 Å². The van der Waals surface area contributed by atoms with Crippen LogP contribution in [0.1, 0.15) is 12.5 Å². The van der Waals surface area contributed by atoms with Gasteiger partial charge in [-0.15, -0.1) is 0 Å². The van der Waals surface area contributed by atoms with Crippen LogP contribution in [0.15, 0.2) is 35.3 Å². The topological polar surface area (TPSA) is 32.7 Å². The molecule has 0 aliphatic carbocycles. The molecule has 1 aromatic carbocycles. The quantitative estimate of drug-likeness (QED) is 0.590. The fraction of sp³-hybridized carbons (Fsp3) is 0.333. The third-order valence-corrected chi connectivity index (χ3v) is 2.35. The SMILES string of the molecule is C[C@H](N=C=S)C(=O)N(C)Cc1ccccc1. The summed E-state index contributed by atoms with van der Waals surface area (Å²) in [6, 6.07) is 9.36. The van der Waals surface area contributed by atoms with E-state index in [0.29, 0.717) is 6.54 Å². The van der Waals surface area contributed by atoms with Crippen molar-refractivity contribution in [3.8, 4) is 0 Å². The monoisotopic (exact) mass is 234 g/mol. The van der Waals surface area contributed by atoms with Gasteiger partial charge in [0.25, 0.3) is 0 Å². The van der Waals surface area contributed by atoms with Crippen molar-refractivity contribution in [2.45, 2.75) is 19.5 Å². The van der Waals surface area contributed by atoms with E-state index in [9.17, 15) is 4.79 Å². The Morgan fingerprint density at radius 1 is 1.50 bits per heavy atom. The van der Waals surface area contributed by atoms with Gasteiger partial charge < -0.3 is 4.90 Å². The molecular weight excluding hydrogens is 220 g/mol. The van der Waals surface area contributed by atoms with Crippen molar-refractivity contribution in [1.29, 1.82) is 0 Å². The van der Waals surface area contributed by atoms with Crippen LogP contribution in [0.4, 0.5) is 0 Å². The molecule has 84 valence electrons. The second kappa shape index (κ2) is 6.16. The van der Waals surface area contributed by atoms with Crippen LogP contribution in [-0.2, 0) is 11.3 Å². The maximum absolute atomic E-state index is 11.8. The summed E-state index contributed by atoms with van der Waals surface area (Å²) in [5.41, 5.74) is 1.09. The number of carbonyl (C=O) groups is 1. The van der Waals surface area contributed by atoms with Crippen LogP contribution in [0.2, 0.25) is 0 Å². The molecule has 0 fully saturated rings. The molecule has 0 aromatic heterocycles. The molecule has 0 aliphatic rings. The summed E-state index contributed by atoms with van der Waals surface area (Å²) in [5, 5.41) is 2.23. The summed E-state index contributed by atoms with van der Waals surface area (Å²) in [7, 11) is 1.75. The van der Waals surface area contributed by atoms with Gasteiger partial charge in [-0.2, -0.15) is 0 Å². The minimum absolute atomic E-state index is 0.0544. The molecule has 0 N–H and O–H groups in total. The van der Waals surface area contributed by atoms with Crippen LogP contribution in [0, 0.1) is 0 Å². The molecule has 1 rings (SSSR count). The van der Waals surface area contributed by atoms with Crippen LogP contribution >= 0.6 is 12.2 Å². The third kappa shape index (κ3) is 3.57. The number of hydrogen-bond acceptors (Lipinski definition) is 3. The number of aliphatic imine (C=N–C) groups is 1. The second-order valence-electron chi connectivity index (χ2n) is 3.58. The predicted octanol–water partition coefficient (Wildman–Crippen LogP) is 2.14. The Labute approximate surface area is 101 Å². The normalized spacial score (nSPS) is 11.4. The Morgan fingerprint density at radius 3 is 2.69 bits per heavy atom. The molecule has 1 amide bonds. The molecule has 0 saturated carbocycles. The molecule has 0 spiro atoms. The van der Waals surface area contributed by atoms with Gasteiger partial charge in [0.2, 0.25) is 5.91 Å². The molecule has 0 saturated heterocycles. The molecule has 1 atom stereocenters. The smallest absolute Gasteiger partial charge is 0.247 e. The largest absolute Gasteiger partial charge is 0.340 e. The van der Waals surface area contributed by atoms with Crippen molar-refractivity contribution >= 4 is 23.3 Å². The maximum Gasteiger partial charge on any atom is 0.247 e. The van der Waals surface area contributed by atoms with Crippen molar-refractivity contribution in [2.24, 2.45) is 4.99 Å². The Bertz CT molecular complexity index is 399. The van der Waals surface area contributed by atoms with E-state index in [0.717, 1.165) is 5.56 Å². The average molecular weight is 234 g/mol. The summed E-state index contributed by atoms with van der Waals surface area (Å²) < 4.78 is 0. The van der Waals surface area contributed by atoms with E-state index in [-0.39, 0.29) is 5.91 Å². The molecule has 0 heterocycles. The number of carbonyl (C=O) groups excluding carboxylic acids is 1. The van der Waals surface area contributed by atoms with Gasteiger partial charge in [-0.3, -0.25) is 4.79 Å². The predicted molar refractivity (Wildman–Crippen MR) is 67.4 cm³/mol. The van der Waals surface area contributed by atoms with E-state index < -0.39 is 6.04 Å². The highest BCUT2D eigenvalue weighted by atomic mass is 32.1. The van der Waals surface area contributed by atoms with Crippen molar-refractivity contribution in [2.75, 3.05) is 7.05 Å². The van der Waals surface area contributed by atoms with Crippen LogP contribution < -0.4 is 0 Å². The molecule has 0 aliphatic heterocycles. The number of rotatable bonds is 4. The lowest BCUT2D eigenvalue weighted by Gasteiger charge is -2.18. The lowest BCUT2D eigenvalue weighted by molar-refractivity contribution is -0.131. The Kier molecular flexibility index (Phi) is 4.83. The summed E-state index contributed by atoms with van der Waals surface area (Å²) in [6.07, 6.45) is 0.